The summed E-state index contributed by atoms with van der Waals surface area (Å²) in [5.74, 6) is 1.40. The maximum atomic E-state index is 13.5. The molecule has 2 aromatic rings. The molecule has 2 aliphatic rings. The van der Waals surface area contributed by atoms with Gasteiger partial charge in [0.25, 0.3) is 0 Å². The van der Waals surface area contributed by atoms with Crippen molar-refractivity contribution in [3.8, 4) is 17.1 Å². The molecule has 3 unspecified atom stereocenters. The van der Waals surface area contributed by atoms with Crippen LogP contribution in [0.3, 0.4) is 0 Å². The van der Waals surface area contributed by atoms with Crippen LogP contribution in [0.4, 0.5) is 4.79 Å². The molecule has 6 heteroatoms. The molecule has 6 nitrogen and oxygen atoms in total. The van der Waals surface area contributed by atoms with E-state index in [9.17, 15) is 9.59 Å². The highest BCUT2D eigenvalue weighted by Crippen LogP contribution is 2.42. The van der Waals surface area contributed by atoms with Crippen LogP contribution in [0.25, 0.3) is 11.3 Å². The maximum absolute atomic E-state index is 13.5. The van der Waals surface area contributed by atoms with Gasteiger partial charge in [-0.25, -0.2) is 4.79 Å². The molecule has 32 heavy (non-hydrogen) atoms. The highest BCUT2D eigenvalue weighted by atomic mass is 16.6. The number of ether oxygens (including phenoxy) is 2. The van der Waals surface area contributed by atoms with Gasteiger partial charge in [0.05, 0.1) is 12.7 Å². The molecule has 172 valence electrons. The number of ketones is 1. The van der Waals surface area contributed by atoms with E-state index in [-0.39, 0.29) is 29.9 Å². The molecular weight excluding hydrogens is 406 g/mol. The second-order valence-corrected chi connectivity index (χ2v) is 10.1. The number of hydrogen-bond donors (Lipinski definition) is 0. The Balaban J connectivity index is 1.60. The fraction of sp³-hybridized carbons (Fsp3) is 0.538. The van der Waals surface area contributed by atoms with Crippen molar-refractivity contribution in [3.05, 3.63) is 41.2 Å². The van der Waals surface area contributed by atoms with Gasteiger partial charge in [0, 0.05) is 18.0 Å². The Hall–Kier alpha value is -2.76. The number of amides is 1. The Morgan fingerprint density at radius 2 is 1.78 bits per heavy atom. The van der Waals surface area contributed by atoms with E-state index in [1.165, 1.54) is 0 Å². The molecule has 1 aromatic heterocycles. The molecule has 0 radical (unpaired) electrons. The molecule has 3 atom stereocenters. The van der Waals surface area contributed by atoms with E-state index in [0.29, 0.717) is 17.3 Å². The van der Waals surface area contributed by atoms with Crippen LogP contribution in [-0.4, -0.2) is 41.6 Å². The molecule has 0 spiro atoms. The zero-order chi connectivity index (χ0) is 23.2. The second-order valence-electron chi connectivity index (χ2n) is 10.1. The molecule has 2 bridgehead atoms. The van der Waals surface area contributed by atoms with Gasteiger partial charge in [0.2, 0.25) is 5.78 Å². The fourth-order valence-electron chi connectivity index (χ4n) is 5.10. The predicted octanol–water partition coefficient (Wildman–Crippen LogP) is 5.93. The number of rotatable bonds is 4. The van der Waals surface area contributed by atoms with Gasteiger partial charge >= 0.3 is 6.09 Å². The first-order chi connectivity index (χ1) is 15.1. The summed E-state index contributed by atoms with van der Waals surface area (Å²) in [6.45, 7) is 9.54. The van der Waals surface area contributed by atoms with Crippen molar-refractivity contribution in [2.75, 3.05) is 7.11 Å². The van der Waals surface area contributed by atoms with Crippen LogP contribution >= 0.6 is 0 Å². The topological polar surface area (TPSA) is 69.0 Å². The van der Waals surface area contributed by atoms with Crippen LogP contribution in [0.5, 0.6) is 5.75 Å². The van der Waals surface area contributed by atoms with E-state index >= 15 is 0 Å². The molecule has 3 heterocycles. The summed E-state index contributed by atoms with van der Waals surface area (Å²) in [6, 6.07) is 7.75. The normalized spacial score (nSPS) is 22.7. The van der Waals surface area contributed by atoms with Crippen molar-refractivity contribution in [2.45, 2.75) is 78.0 Å². The van der Waals surface area contributed by atoms with E-state index in [2.05, 4.69) is 0 Å². The lowest BCUT2D eigenvalue weighted by atomic mass is 9.86. The molecule has 2 fully saturated rings. The molecule has 2 aliphatic heterocycles. The number of methoxy groups -OCH3 is 1. The number of aryl methyl sites for hydroxylation is 2. The van der Waals surface area contributed by atoms with Gasteiger partial charge in [-0.05, 0) is 89.6 Å². The van der Waals surface area contributed by atoms with E-state index in [0.717, 1.165) is 42.4 Å². The Kier molecular flexibility index (Phi) is 5.82. The molecule has 0 saturated carbocycles. The number of piperidine rings is 1. The molecule has 4 rings (SSSR count). The zero-order valence-electron chi connectivity index (χ0n) is 19.9. The highest BCUT2D eigenvalue weighted by Gasteiger charge is 2.49. The number of carbonyl (C=O) groups is 2. The number of carbonyl (C=O) groups excluding carboxylic acids is 2. The summed E-state index contributed by atoms with van der Waals surface area (Å²) in [5.41, 5.74) is 2.24. The van der Waals surface area contributed by atoms with Crippen molar-refractivity contribution in [2.24, 2.45) is 5.92 Å². The minimum absolute atomic E-state index is 0.0377. The van der Waals surface area contributed by atoms with Crippen molar-refractivity contribution in [1.29, 1.82) is 0 Å². The van der Waals surface area contributed by atoms with Gasteiger partial charge < -0.3 is 18.8 Å². The van der Waals surface area contributed by atoms with Crippen LogP contribution in [0, 0.1) is 19.8 Å². The minimum atomic E-state index is -0.562. The predicted molar refractivity (Wildman–Crippen MR) is 122 cm³/mol. The average Bonchev–Trinajstić information content (AvgIpc) is 3.25. The van der Waals surface area contributed by atoms with Gasteiger partial charge in [-0.15, -0.1) is 0 Å². The Labute approximate surface area is 189 Å². The lowest BCUT2D eigenvalue weighted by Gasteiger charge is -2.39. The number of furan rings is 1. The fourth-order valence-corrected chi connectivity index (χ4v) is 5.10. The number of benzene rings is 1. The quantitative estimate of drug-likeness (QED) is 0.552. The number of Topliss-reactive ketones (excluding diaryl/α,β-unsaturated/α-hetero) is 1. The third-order valence-corrected chi connectivity index (χ3v) is 6.53. The lowest BCUT2D eigenvalue weighted by molar-refractivity contribution is 0.0000964. The molecular formula is C26H33NO5. The molecule has 2 saturated heterocycles. The van der Waals surface area contributed by atoms with Gasteiger partial charge in [-0.3, -0.25) is 4.79 Å². The van der Waals surface area contributed by atoms with Crippen LogP contribution < -0.4 is 4.74 Å². The first kappa shape index (κ1) is 22.4. The largest absolute Gasteiger partial charge is 0.496 e. The molecule has 0 N–H and O–H groups in total. The summed E-state index contributed by atoms with van der Waals surface area (Å²) >= 11 is 0. The molecule has 1 amide bonds. The van der Waals surface area contributed by atoms with Gasteiger partial charge in [-0.2, -0.15) is 0 Å². The van der Waals surface area contributed by atoms with Gasteiger partial charge in [0.1, 0.15) is 17.1 Å². The smallest absolute Gasteiger partial charge is 0.410 e. The third kappa shape index (κ3) is 4.15. The van der Waals surface area contributed by atoms with Gasteiger partial charge in [0.15, 0.2) is 5.76 Å². The van der Waals surface area contributed by atoms with E-state index in [1.54, 1.807) is 7.11 Å². The van der Waals surface area contributed by atoms with Crippen LogP contribution in [0.1, 0.15) is 68.1 Å². The number of hydrogen-bond acceptors (Lipinski definition) is 5. The second kappa shape index (κ2) is 8.30. The van der Waals surface area contributed by atoms with E-state index in [1.807, 2.05) is 63.8 Å². The molecule has 1 aromatic carbocycles. The van der Waals surface area contributed by atoms with E-state index < -0.39 is 5.60 Å². The number of fused-ring (bicyclic) bond motifs is 2. The van der Waals surface area contributed by atoms with Crippen LogP contribution in [0.2, 0.25) is 0 Å². The lowest BCUT2D eigenvalue weighted by Crippen LogP contribution is -2.51. The first-order valence-corrected chi connectivity index (χ1v) is 11.4. The van der Waals surface area contributed by atoms with Crippen LogP contribution in [0.15, 0.2) is 28.7 Å². The summed E-state index contributed by atoms with van der Waals surface area (Å²) in [6.07, 6.45) is 2.99. The van der Waals surface area contributed by atoms with Crippen molar-refractivity contribution >= 4 is 11.9 Å². The zero-order valence-corrected chi connectivity index (χ0v) is 19.9. The van der Waals surface area contributed by atoms with Gasteiger partial charge in [-0.1, -0.05) is 6.07 Å². The number of nitrogens with zero attached hydrogens (tertiary/aromatic N) is 1. The summed E-state index contributed by atoms with van der Waals surface area (Å²) < 4.78 is 17.3. The monoisotopic (exact) mass is 439 g/mol. The van der Waals surface area contributed by atoms with E-state index in [4.69, 9.17) is 13.9 Å². The maximum Gasteiger partial charge on any atom is 0.410 e. The standard InChI is InChI=1S/C26H33NO5/c1-15-7-10-19(21(13-15)30-6)24-16(2)14-22(31-24)23(28)18-11-8-17-9-12-20(18)27(17)25(29)32-26(3,4)5/h7,10,13-14,17-18,20H,8-9,11-12H2,1-6H3. The van der Waals surface area contributed by atoms with Crippen molar-refractivity contribution < 1.29 is 23.5 Å². The summed E-state index contributed by atoms with van der Waals surface area (Å²) in [5, 5.41) is 0. The Morgan fingerprint density at radius 3 is 2.47 bits per heavy atom. The van der Waals surface area contributed by atoms with Crippen molar-refractivity contribution in [3.63, 3.8) is 0 Å². The third-order valence-electron chi connectivity index (χ3n) is 6.53. The summed E-state index contributed by atoms with van der Waals surface area (Å²) in [4.78, 5) is 28.2. The minimum Gasteiger partial charge on any atom is -0.496 e. The van der Waals surface area contributed by atoms with Crippen LogP contribution in [-0.2, 0) is 4.74 Å². The van der Waals surface area contributed by atoms with Crippen molar-refractivity contribution in [1.82, 2.24) is 4.90 Å². The molecule has 0 aliphatic carbocycles. The first-order valence-electron chi connectivity index (χ1n) is 11.4. The Morgan fingerprint density at radius 1 is 1.06 bits per heavy atom. The average molecular weight is 440 g/mol. The highest BCUT2D eigenvalue weighted by molar-refractivity contribution is 5.97. The summed E-state index contributed by atoms with van der Waals surface area (Å²) in [7, 11) is 1.63. The Bertz CT molecular complexity index is 1030. The SMILES string of the molecule is COc1cc(C)ccc1-c1oc(C(=O)C2CCC3CCC2N3C(=O)OC(C)(C)C)cc1C.